The third-order valence-corrected chi connectivity index (χ3v) is 5.72. The van der Waals surface area contributed by atoms with E-state index in [1.54, 1.807) is 0 Å². The summed E-state index contributed by atoms with van der Waals surface area (Å²) in [6, 6.07) is 16.1. The van der Waals surface area contributed by atoms with Gasteiger partial charge in [-0.2, -0.15) is 0 Å². The minimum atomic E-state index is -0.0159. The molecule has 5 rings (SSSR count). The number of benzene rings is 2. The minimum Gasteiger partial charge on any atom is -0.350 e. The number of amides is 1. The van der Waals surface area contributed by atoms with Crippen molar-refractivity contribution in [2.75, 3.05) is 5.32 Å². The number of hydrogen-bond acceptors (Lipinski definition) is 2. The van der Waals surface area contributed by atoms with Crippen molar-refractivity contribution in [2.45, 2.75) is 32.2 Å². The number of carbonyl (C=O) groups excluding carboxylic acids is 1. The predicted octanol–water partition coefficient (Wildman–Crippen LogP) is 4.56. The Morgan fingerprint density at radius 2 is 1.90 bits per heavy atom. The van der Waals surface area contributed by atoms with Gasteiger partial charge in [-0.3, -0.25) is 4.79 Å². The lowest BCUT2D eigenvalue weighted by atomic mass is 10.1. The van der Waals surface area contributed by atoms with Crippen LogP contribution in [0.1, 0.15) is 24.2 Å². The molecule has 0 bridgehead atoms. The molecule has 2 aromatic heterocycles. The highest BCUT2D eigenvalue weighted by Gasteiger charge is 2.17. The molecule has 1 aliphatic rings. The van der Waals surface area contributed by atoms with Crippen LogP contribution in [0.4, 0.5) is 5.69 Å². The largest absolute Gasteiger partial charge is 0.350 e. The third-order valence-electron chi connectivity index (χ3n) is 5.72. The molecule has 0 aliphatic carbocycles. The number of aromatic nitrogens is 3. The molecule has 0 unspecified atom stereocenters. The Hall–Kier alpha value is -3.34. The SMILES string of the molecule is Cn1cc(CC(=O)Nc2ccccc2-c2cn3c(n2)CCCC3)c2ccccc21. The van der Waals surface area contributed by atoms with Crippen LogP contribution in [0.5, 0.6) is 0 Å². The molecule has 146 valence electrons. The van der Waals surface area contributed by atoms with Crippen LogP contribution in [-0.2, 0) is 31.2 Å². The van der Waals surface area contributed by atoms with Gasteiger partial charge in [0.15, 0.2) is 0 Å². The monoisotopic (exact) mass is 384 g/mol. The van der Waals surface area contributed by atoms with Crippen LogP contribution in [0.15, 0.2) is 60.9 Å². The summed E-state index contributed by atoms with van der Waals surface area (Å²) < 4.78 is 4.31. The summed E-state index contributed by atoms with van der Waals surface area (Å²) in [5.74, 6) is 1.13. The lowest BCUT2D eigenvalue weighted by molar-refractivity contribution is -0.115. The lowest BCUT2D eigenvalue weighted by Gasteiger charge is -2.11. The molecular formula is C24H24N4O. The summed E-state index contributed by atoms with van der Waals surface area (Å²) in [4.78, 5) is 17.7. The van der Waals surface area contributed by atoms with E-state index in [1.165, 1.54) is 12.8 Å². The van der Waals surface area contributed by atoms with Gasteiger partial charge >= 0.3 is 0 Å². The molecule has 0 saturated carbocycles. The zero-order valence-electron chi connectivity index (χ0n) is 16.6. The third kappa shape index (κ3) is 3.33. The highest BCUT2D eigenvalue weighted by atomic mass is 16.1. The van der Waals surface area contributed by atoms with Crippen LogP contribution in [0.3, 0.4) is 0 Å². The van der Waals surface area contributed by atoms with Crippen molar-refractivity contribution in [1.29, 1.82) is 0 Å². The van der Waals surface area contributed by atoms with Crippen molar-refractivity contribution in [3.8, 4) is 11.3 Å². The van der Waals surface area contributed by atoms with E-state index in [4.69, 9.17) is 4.98 Å². The molecule has 0 atom stereocenters. The fraction of sp³-hybridized carbons (Fsp3) is 0.250. The zero-order chi connectivity index (χ0) is 19.8. The smallest absolute Gasteiger partial charge is 0.228 e. The summed E-state index contributed by atoms with van der Waals surface area (Å²) in [6.45, 7) is 1.03. The van der Waals surface area contributed by atoms with Crippen LogP contribution in [0.25, 0.3) is 22.2 Å². The molecular weight excluding hydrogens is 360 g/mol. The topological polar surface area (TPSA) is 51.9 Å². The van der Waals surface area contributed by atoms with E-state index in [1.807, 2.05) is 49.6 Å². The molecule has 1 aliphatic heterocycles. The van der Waals surface area contributed by atoms with Crippen LogP contribution >= 0.6 is 0 Å². The van der Waals surface area contributed by atoms with Gasteiger partial charge in [-0.25, -0.2) is 4.98 Å². The molecule has 4 aromatic rings. The van der Waals surface area contributed by atoms with Gasteiger partial charge in [-0.05, 0) is 30.5 Å². The van der Waals surface area contributed by atoms with Crippen LogP contribution < -0.4 is 5.32 Å². The Kier molecular flexibility index (Phi) is 4.43. The number of imidazole rings is 1. The highest BCUT2D eigenvalue weighted by molar-refractivity contribution is 5.98. The Labute approximate surface area is 170 Å². The molecule has 1 N–H and O–H groups in total. The number of nitrogens with zero attached hydrogens (tertiary/aromatic N) is 3. The Morgan fingerprint density at radius 1 is 1.07 bits per heavy atom. The molecule has 5 nitrogen and oxygen atoms in total. The van der Waals surface area contributed by atoms with Crippen molar-refractivity contribution in [3.05, 3.63) is 72.3 Å². The van der Waals surface area contributed by atoms with Crippen molar-refractivity contribution in [3.63, 3.8) is 0 Å². The van der Waals surface area contributed by atoms with Gasteiger partial charge in [0, 0.05) is 48.9 Å². The van der Waals surface area contributed by atoms with Gasteiger partial charge < -0.3 is 14.5 Å². The maximum Gasteiger partial charge on any atom is 0.228 e. The van der Waals surface area contributed by atoms with Crippen molar-refractivity contribution in [2.24, 2.45) is 7.05 Å². The summed E-state index contributed by atoms with van der Waals surface area (Å²) in [7, 11) is 2.01. The maximum absolute atomic E-state index is 12.9. The summed E-state index contributed by atoms with van der Waals surface area (Å²) in [6.07, 6.45) is 7.92. The molecule has 5 heteroatoms. The standard InChI is InChI=1S/C24H24N4O/c1-27-15-17(18-8-3-5-11-22(18)27)14-24(29)26-20-10-4-2-9-19(20)21-16-28-13-7-6-12-23(28)25-21/h2-5,8-11,15-16H,6-7,12-14H2,1H3,(H,26,29). The number of aryl methyl sites for hydroxylation is 3. The number of rotatable bonds is 4. The fourth-order valence-corrected chi connectivity index (χ4v) is 4.29. The van der Waals surface area contributed by atoms with E-state index in [0.717, 1.165) is 52.2 Å². The molecule has 0 radical (unpaired) electrons. The van der Waals surface area contributed by atoms with Crippen molar-refractivity contribution in [1.82, 2.24) is 14.1 Å². The Morgan fingerprint density at radius 3 is 2.79 bits per heavy atom. The van der Waals surface area contributed by atoms with E-state index >= 15 is 0 Å². The summed E-state index contributed by atoms with van der Waals surface area (Å²) >= 11 is 0. The van der Waals surface area contributed by atoms with E-state index < -0.39 is 0 Å². The van der Waals surface area contributed by atoms with Crippen molar-refractivity contribution < 1.29 is 4.79 Å². The number of carbonyl (C=O) groups is 1. The Balaban J connectivity index is 1.41. The predicted molar refractivity (Wildman–Crippen MR) is 116 cm³/mol. The highest BCUT2D eigenvalue weighted by Crippen LogP contribution is 2.29. The van der Waals surface area contributed by atoms with Crippen LogP contribution in [0, 0.1) is 0 Å². The van der Waals surface area contributed by atoms with Gasteiger partial charge in [0.05, 0.1) is 17.8 Å². The number of para-hydroxylation sites is 2. The quantitative estimate of drug-likeness (QED) is 0.561. The van der Waals surface area contributed by atoms with Crippen LogP contribution in [-0.4, -0.2) is 20.0 Å². The zero-order valence-corrected chi connectivity index (χ0v) is 16.6. The van der Waals surface area contributed by atoms with E-state index in [-0.39, 0.29) is 5.91 Å². The Bertz CT molecular complexity index is 1180. The first-order valence-electron chi connectivity index (χ1n) is 10.2. The molecule has 0 fully saturated rings. The first-order chi connectivity index (χ1) is 14.2. The van der Waals surface area contributed by atoms with E-state index in [9.17, 15) is 4.79 Å². The first kappa shape index (κ1) is 17.7. The van der Waals surface area contributed by atoms with Crippen LogP contribution in [0.2, 0.25) is 0 Å². The molecule has 29 heavy (non-hydrogen) atoms. The normalized spacial score (nSPS) is 13.4. The van der Waals surface area contributed by atoms with Gasteiger partial charge in [0.2, 0.25) is 5.91 Å². The second kappa shape index (κ2) is 7.24. The minimum absolute atomic E-state index is 0.0159. The van der Waals surface area contributed by atoms with Gasteiger partial charge in [0.25, 0.3) is 0 Å². The van der Waals surface area contributed by atoms with Gasteiger partial charge in [-0.15, -0.1) is 0 Å². The first-order valence-corrected chi connectivity index (χ1v) is 10.2. The number of hydrogen-bond donors (Lipinski definition) is 1. The molecule has 0 saturated heterocycles. The molecule has 0 spiro atoms. The van der Waals surface area contributed by atoms with E-state index in [0.29, 0.717) is 6.42 Å². The number of nitrogens with one attached hydrogen (secondary N) is 1. The average molecular weight is 384 g/mol. The van der Waals surface area contributed by atoms with Crippen molar-refractivity contribution >= 4 is 22.5 Å². The van der Waals surface area contributed by atoms with Gasteiger partial charge in [0.1, 0.15) is 5.82 Å². The second-order valence-electron chi connectivity index (χ2n) is 7.75. The summed E-state index contributed by atoms with van der Waals surface area (Å²) in [5, 5.41) is 4.24. The average Bonchev–Trinajstić information content (AvgIpc) is 3.30. The molecule has 1 amide bonds. The molecule has 2 aromatic carbocycles. The second-order valence-corrected chi connectivity index (χ2v) is 7.75. The summed E-state index contributed by atoms with van der Waals surface area (Å²) in [5.41, 5.74) is 4.90. The number of fused-ring (bicyclic) bond motifs is 2. The maximum atomic E-state index is 12.9. The lowest BCUT2D eigenvalue weighted by Crippen LogP contribution is -2.15. The molecule has 3 heterocycles. The van der Waals surface area contributed by atoms with Gasteiger partial charge in [-0.1, -0.05) is 36.4 Å². The fourth-order valence-electron chi connectivity index (χ4n) is 4.29. The van der Waals surface area contributed by atoms with E-state index in [2.05, 4.69) is 32.8 Å². The number of anilines is 1.